The Labute approximate surface area is 129 Å². The highest BCUT2D eigenvalue weighted by molar-refractivity contribution is 5.95. The van der Waals surface area contributed by atoms with E-state index >= 15 is 0 Å². The zero-order chi connectivity index (χ0) is 16.1. The van der Waals surface area contributed by atoms with Gasteiger partial charge in [0.05, 0.1) is 7.11 Å². The second kappa shape index (κ2) is 6.98. The summed E-state index contributed by atoms with van der Waals surface area (Å²) in [6.07, 6.45) is 1.67. The number of nitrogens with zero attached hydrogens (tertiary/aromatic N) is 1. The predicted octanol–water partition coefficient (Wildman–Crippen LogP) is 1.35. The quantitative estimate of drug-likeness (QED) is 0.833. The summed E-state index contributed by atoms with van der Waals surface area (Å²) in [7, 11) is 1.48. The number of carbonyl (C=O) groups excluding carboxylic acids is 2. The van der Waals surface area contributed by atoms with Crippen molar-refractivity contribution in [2.24, 2.45) is 5.73 Å². The number of benzene rings is 1. The molecule has 0 atom stereocenters. The molecule has 0 unspecified atom stereocenters. The highest BCUT2D eigenvalue weighted by atomic mass is 16.5. The van der Waals surface area contributed by atoms with Gasteiger partial charge < -0.3 is 20.1 Å². The van der Waals surface area contributed by atoms with Crippen LogP contribution in [-0.2, 0) is 4.79 Å². The van der Waals surface area contributed by atoms with Crippen molar-refractivity contribution < 1.29 is 19.1 Å². The lowest BCUT2D eigenvalue weighted by molar-refractivity contribution is -0.119. The van der Waals surface area contributed by atoms with Crippen molar-refractivity contribution in [3.8, 4) is 11.5 Å². The van der Waals surface area contributed by atoms with Crippen LogP contribution in [0.3, 0.4) is 0 Å². The maximum atomic E-state index is 12.5. The largest absolute Gasteiger partial charge is 0.493 e. The third-order valence-corrected chi connectivity index (χ3v) is 3.54. The van der Waals surface area contributed by atoms with Gasteiger partial charge >= 0.3 is 0 Å². The summed E-state index contributed by atoms with van der Waals surface area (Å²) in [5, 5.41) is 0. The van der Waals surface area contributed by atoms with Gasteiger partial charge in [-0.3, -0.25) is 9.59 Å². The number of likely N-dealkylation sites (tertiary alicyclic amines) is 1. The second-order valence-corrected chi connectivity index (χ2v) is 5.16. The third kappa shape index (κ3) is 3.78. The fraction of sp³-hybridized carbons (Fsp3) is 0.375. The predicted molar refractivity (Wildman–Crippen MR) is 82.0 cm³/mol. The van der Waals surface area contributed by atoms with Crippen molar-refractivity contribution in [2.45, 2.75) is 12.8 Å². The fourth-order valence-corrected chi connectivity index (χ4v) is 2.28. The number of nitrogens with two attached hydrogens (primary N) is 1. The van der Waals surface area contributed by atoms with Crippen molar-refractivity contribution in [3.05, 3.63) is 35.9 Å². The summed E-state index contributed by atoms with van der Waals surface area (Å²) < 4.78 is 10.5. The molecule has 22 heavy (non-hydrogen) atoms. The molecule has 118 valence electrons. The van der Waals surface area contributed by atoms with Gasteiger partial charge in [-0.05, 0) is 31.0 Å². The van der Waals surface area contributed by atoms with Crippen molar-refractivity contribution in [1.82, 2.24) is 4.90 Å². The van der Waals surface area contributed by atoms with E-state index in [2.05, 4.69) is 6.58 Å². The molecular weight excluding hydrogens is 284 g/mol. The van der Waals surface area contributed by atoms with Crippen LogP contribution in [0.4, 0.5) is 0 Å². The molecule has 0 spiro atoms. The van der Waals surface area contributed by atoms with Gasteiger partial charge in [-0.25, -0.2) is 0 Å². The summed E-state index contributed by atoms with van der Waals surface area (Å²) in [5.74, 6) is 0.154. The van der Waals surface area contributed by atoms with Crippen LogP contribution in [0, 0.1) is 0 Å². The Hall–Kier alpha value is -2.50. The molecule has 0 radical (unpaired) electrons. The van der Waals surface area contributed by atoms with Crippen LogP contribution in [-0.4, -0.2) is 43.5 Å². The Morgan fingerprint density at radius 2 is 1.95 bits per heavy atom. The van der Waals surface area contributed by atoms with Crippen LogP contribution in [0.25, 0.3) is 0 Å². The van der Waals surface area contributed by atoms with Crippen LogP contribution in [0.1, 0.15) is 23.2 Å². The first-order valence-electron chi connectivity index (χ1n) is 7.06. The maximum absolute atomic E-state index is 12.5. The summed E-state index contributed by atoms with van der Waals surface area (Å²) in [4.78, 5) is 25.0. The zero-order valence-corrected chi connectivity index (χ0v) is 12.6. The molecule has 1 aromatic rings. The summed E-state index contributed by atoms with van der Waals surface area (Å²) in [6, 6.07) is 4.88. The van der Waals surface area contributed by atoms with Gasteiger partial charge in [0.25, 0.3) is 11.8 Å². The zero-order valence-electron chi connectivity index (χ0n) is 12.6. The Morgan fingerprint density at radius 3 is 2.55 bits per heavy atom. The number of methoxy groups -OCH3 is 1. The number of primary amides is 1. The van der Waals surface area contributed by atoms with Crippen LogP contribution < -0.4 is 15.2 Å². The number of hydrogen-bond donors (Lipinski definition) is 1. The Kier molecular flexibility index (Phi) is 5.04. The Balaban J connectivity index is 2.12. The lowest BCUT2D eigenvalue weighted by Gasteiger charge is -2.28. The second-order valence-electron chi connectivity index (χ2n) is 5.16. The van der Waals surface area contributed by atoms with E-state index in [1.165, 1.54) is 12.7 Å². The summed E-state index contributed by atoms with van der Waals surface area (Å²) in [6.45, 7) is 5.06. The van der Waals surface area contributed by atoms with Gasteiger partial charge in [0.2, 0.25) is 0 Å². The average Bonchev–Trinajstić information content (AvgIpc) is 2.52. The third-order valence-electron chi connectivity index (χ3n) is 3.54. The topological polar surface area (TPSA) is 81.9 Å². The minimum absolute atomic E-state index is 0.0488. The SMILES string of the molecule is C=C1CCN(C(=O)c2ccc(OCC(N)=O)c(OC)c2)CC1. The van der Waals surface area contributed by atoms with Gasteiger partial charge in [0.1, 0.15) is 0 Å². The lowest BCUT2D eigenvalue weighted by Crippen LogP contribution is -2.36. The molecule has 2 N–H and O–H groups in total. The van der Waals surface area contributed by atoms with E-state index in [1.807, 2.05) is 0 Å². The Morgan fingerprint density at radius 1 is 1.27 bits per heavy atom. The molecule has 1 aliphatic heterocycles. The number of hydrogen-bond acceptors (Lipinski definition) is 4. The first kappa shape index (κ1) is 15.9. The first-order chi connectivity index (χ1) is 10.5. The molecule has 2 rings (SSSR count). The average molecular weight is 304 g/mol. The highest BCUT2D eigenvalue weighted by Gasteiger charge is 2.21. The fourth-order valence-electron chi connectivity index (χ4n) is 2.28. The van der Waals surface area contributed by atoms with Gasteiger partial charge in [-0.1, -0.05) is 12.2 Å². The molecule has 6 nitrogen and oxygen atoms in total. The molecule has 1 saturated heterocycles. The van der Waals surface area contributed by atoms with E-state index in [-0.39, 0.29) is 12.5 Å². The van der Waals surface area contributed by atoms with Crippen molar-refractivity contribution in [1.29, 1.82) is 0 Å². The normalized spacial score (nSPS) is 14.6. The summed E-state index contributed by atoms with van der Waals surface area (Å²) in [5.41, 5.74) is 6.75. The number of rotatable bonds is 5. The van der Waals surface area contributed by atoms with Crippen molar-refractivity contribution >= 4 is 11.8 Å². The van der Waals surface area contributed by atoms with Crippen LogP contribution >= 0.6 is 0 Å². The molecule has 0 saturated carbocycles. The minimum atomic E-state index is -0.573. The van der Waals surface area contributed by atoms with Crippen molar-refractivity contribution in [2.75, 3.05) is 26.8 Å². The Bertz CT molecular complexity index is 588. The van der Waals surface area contributed by atoms with Crippen LogP contribution in [0.15, 0.2) is 30.4 Å². The molecule has 0 aliphatic carbocycles. The number of piperidine rings is 1. The number of amides is 2. The van der Waals surface area contributed by atoms with Crippen molar-refractivity contribution in [3.63, 3.8) is 0 Å². The maximum Gasteiger partial charge on any atom is 0.255 e. The molecule has 1 aromatic carbocycles. The molecule has 1 aliphatic rings. The standard InChI is InChI=1S/C16H20N2O4/c1-11-5-7-18(8-6-11)16(20)12-3-4-13(14(9-12)21-2)22-10-15(17)19/h3-4,9H,1,5-8,10H2,2H3,(H2,17,19). The van der Waals surface area contributed by atoms with E-state index in [9.17, 15) is 9.59 Å². The molecule has 1 fully saturated rings. The van der Waals surface area contributed by atoms with E-state index in [0.29, 0.717) is 30.2 Å². The monoisotopic (exact) mass is 304 g/mol. The first-order valence-corrected chi connectivity index (χ1v) is 7.06. The number of carbonyl (C=O) groups is 2. The van der Waals surface area contributed by atoms with Crippen LogP contribution in [0.5, 0.6) is 11.5 Å². The van der Waals surface area contributed by atoms with Gasteiger partial charge in [0, 0.05) is 18.7 Å². The highest BCUT2D eigenvalue weighted by Crippen LogP contribution is 2.29. The molecule has 0 aromatic heterocycles. The minimum Gasteiger partial charge on any atom is -0.493 e. The lowest BCUT2D eigenvalue weighted by atomic mass is 10.0. The molecule has 6 heteroatoms. The molecular formula is C16H20N2O4. The van der Waals surface area contributed by atoms with Crippen LogP contribution in [0.2, 0.25) is 0 Å². The van der Waals surface area contributed by atoms with E-state index in [0.717, 1.165) is 12.8 Å². The molecule has 2 amide bonds. The van der Waals surface area contributed by atoms with Gasteiger partial charge in [-0.15, -0.1) is 0 Å². The molecule has 0 bridgehead atoms. The molecule has 1 heterocycles. The van der Waals surface area contributed by atoms with E-state index < -0.39 is 5.91 Å². The summed E-state index contributed by atoms with van der Waals surface area (Å²) >= 11 is 0. The number of ether oxygens (including phenoxy) is 2. The van der Waals surface area contributed by atoms with E-state index in [1.54, 1.807) is 23.1 Å². The van der Waals surface area contributed by atoms with E-state index in [4.69, 9.17) is 15.2 Å². The van der Waals surface area contributed by atoms with Gasteiger partial charge in [-0.2, -0.15) is 0 Å². The van der Waals surface area contributed by atoms with Gasteiger partial charge in [0.15, 0.2) is 18.1 Å². The smallest absolute Gasteiger partial charge is 0.255 e.